The molecular weight excluding hydrogens is 340 g/mol. The van der Waals surface area contributed by atoms with E-state index in [1.165, 1.54) is 12.8 Å². The molecule has 1 aromatic carbocycles. The van der Waals surface area contributed by atoms with Crippen LogP contribution in [0.25, 0.3) is 0 Å². The van der Waals surface area contributed by atoms with Crippen molar-refractivity contribution >= 4 is 5.91 Å². The molecule has 1 aromatic rings. The second-order valence-corrected chi connectivity index (χ2v) is 7.85. The van der Waals surface area contributed by atoms with Gasteiger partial charge in [0.25, 0.3) is 5.91 Å². The standard InChI is InChI=1S/C22H30N2O3/c25-22(21-17-26-19-10-4-5-11-20(19)27-21)24(15-14-23-12-6-7-13-23)16-18-8-2-1-3-9-18/h1-2,4-5,10-11,18,21H,3,6-9,12-17H2. The summed E-state index contributed by atoms with van der Waals surface area (Å²) in [6, 6.07) is 7.59. The third-order valence-corrected chi connectivity index (χ3v) is 5.84. The van der Waals surface area contributed by atoms with Gasteiger partial charge in [0, 0.05) is 19.6 Å². The van der Waals surface area contributed by atoms with E-state index in [0.717, 1.165) is 57.7 Å². The molecule has 4 rings (SSSR count). The molecule has 0 spiro atoms. The quantitative estimate of drug-likeness (QED) is 0.722. The minimum atomic E-state index is -0.544. The highest BCUT2D eigenvalue weighted by Gasteiger charge is 2.32. The fraction of sp³-hybridized carbons (Fsp3) is 0.591. The van der Waals surface area contributed by atoms with E-state index >= 15 is 0 Å². The molecule has 3 aliphatic rings. The highest BCUT2D eigenvalue weighted by molar-refractivity contribution is 5.82. The molecule has 27 heavy (non-hydrogen) atoms. The molecule has 1 aliphatic carbocycles. The zero-order valence-corrected chi connectivity index (χ0v) is 16.0. The van der Waals surface area contributed by atoms with Gasteiger partial charge in [0.15, 0.2) is 11.5 Å². The Morgan fingerprint density at radius 1 is 1.15 bits per heavy atom. The first-order valence-corrected chi connectivity index (χ1v) is 10.3. The van der Waals surface area contributed by atoms with Gasteiger partial charge in [0.2, 0.25) is 6.10 Å². The Kier molecular flexibility index (Phi) is 5.97. The number of carbonyl (C=O) groups excluding carboxylic acids is 1. The molecule has 1 amide bonds. The number of amides is 1. The molecule has 0 radical (unpaired) electrons. The van der Waals surface area contributed by atoms with E-state index < -0.39 is 6.10 Å². The molecule has 0 N–H and O–H groups in total. The zero-order valence-electron chi connectivity index (χ0n) is 16.0. The number of hydrogen-bond acceptors (Lipinski definition) is 4. The van der Waals surface area contributed by atoms with Crippen molar-refractivity contribution in [3.63, 3.8) is 0 Å². The van der Waals surface area contributed by atoms with Crippen molar-refractivity contribution in [2.75, 3.05) is 39.3 Å². The fourth-order valence-corrected chi connectivity index (χ4v) is 4.24. The van der Waals surface area contributed by atoms with E-state index in [9.17, 15) is 4.79 Å². The van der Waals surface area contributed by atoms with E-state index in [4.69, 9.17) is 9.47 Å². The number of hydrogen-bond donors (Lipinski definition) is 0. The second kappa shape index (κ2) is 8.79. The minimum Gasteiger partial charge on any atom is -0.485 e. The molecule has 5 nitrogen and oxygen atoms in total. The maximum atomic E-state index is 13.3. The monoisotopic (exact) mass is 370 g/mol. The van der Waals surface area contributed by atoms with Crippen molar-refractivity contribution in [2.45, 2.75) is 38.2 Å². The number of ether oxygens (including phenoxy) is 2. The molecular formula is C22H30N2O3. The maximum absolute atomic E-state index is 13.3. The third-order valence-electron chi connectivity index (χ3n) is 5.84. The normalized spacial score (nSPS) is 24.7. The highest BCUT2D eigenvalue weighted by atomic mass is 16.6. The average Bonchev–Trinajstić information content (AvgIpc) is 3.24. The molecule has 2 unspecified atom stereocenters. The molecule has 2 atom stereocenters. The van der Waals surface area contributed by atoms with Crippen molar-refractivity contribution in [1.82, 2.24) is 9.80 Å². The van der Waals surface area contributed by atoms with Gasteiger partial charge in [0.1, 0.15) is 6.61 Å². The number of carbonyl (C=O) groups is 1. The molecule has 2 heterocycles. The first-order chi connectivity index (χ1) is 13.3. The highest BCUT2D eigenvalue weighted by Crippen LogP contribution is 2.31. The van der Waals surface area contributed by atoms with E-state index in [1.807, 2.05) is 29.2 Å². The van der Waals surface area contributed by atoms with Crippen LogP contribution in [0.4, 0.5) is 0 Å². The first kappa shape index (κ1) is 18.4. The Morgan fingerprint density at radius 2 is 1.96 bits per heavy atom. The lowest BCUT2D eigenvalue weighted by molar-refractivity contribution is -0.142. The molecule has 0 saturated carbocycles. The number of nitrogens with zero attached hydrogens (tertiary/aromatic N) is 2. The van der Waals surface area contributed by atoms with Crippen LogP contribution >= 0.6 is 0 Å². The lowest BCUT2D eigenvalue weighted by atomic mass is 9.94. The summed E-state index contributed by atoms with van der Waals surface area (Å²) in [5.41, 5.74) is 0. The summed E-state index contributed by atoms with van der Waals surface area (Å²) >= 11 is 0. The summed E-state index contributed by atoms with van der Waals surface area (Å²) in [6.45, 7) is 5.16. The van der Waals surface area contributed by atoms with Crippen LogP contribution in [0.15, 0.2) is 36.4 Å². The van der Waals surface area contributed by atoms with E-state index in [1.54, 1.807) is 0 Å². The molecule has 0 bridgehead atoms. The van der Waals surface area contributed by atoms with Gasteiger partial charge in [-0.1, -0.05) is 24.3 Å². The van der Waals surface area contributed by atoms with Crippen LogP contribution in [-0.4, -0.2) is 61.1 Å². The number of rotatable bonds is 6. The summed E-state index contributed by atoms with van der Waals surface area (Å²) in [5, 5.41) is 0. The smallest absolute Gasteiger partial charge is 0.267 e. The van der Waals surface area contributed by atoms with E-state index in [-0.39, 0.29) is 5.91 Å². The van der Waals surface area contributed by atoms with Gasteiger partial charge in [-0.25, -0.2) is 0 Å². The number of benzene rings is 1. The van der Waals surface area contributed by atoms with Crippen molar-refractivity contribution in [3.8, 4) is 11.5 Å². The Balaban J connectivity index is 1.41. The van der Waals surface area contributed by atoms with Crippen LogP contribution in [0.2, 0.25) is 0 Å². The summed E-state index contributed by atoms with van der Waals surface area (Å²) in [5.74, 6) is 2.01. The minimum absolute atomic E-state index is 0.0678. The van der Waals surface area contributed by atoms with Crippen LogP contribution in [0.5, 0.6) is 11.5 Å². The van der Waals surface area contributed by atoms with Crippen molar-refractivity contribution in [2.24, 2.45) is 5.92 Å². The Bertz CT molecular complexity index is 669. The van der Waals surface area contributed by atoms with Gasteiger partial charge >= 0.3 is 0 Å². The number of fused-ring (bicyclic) bond motifs is 1. The molecule has 1 fully saturated rings. The second-order valence-electron chi connectivity index (χ2n) is 7.85. The lowest BCUT2D eigenvalue weighted by Gasteiger charge is -2.34. The fourth-order valence-electron chi connectivity index (χ4n) is 4.24. The van der Waals surface area contributed by atoms with Crippen LogP contribution in [0.1, 0.15) is 32.1 Å². The largest absolute Gasteiger partial charge is 0.485 e. The first-order valence-electron chi connectivity index (χ1n) is 10.3. The maximum Gasteiger partial charge on any atom is 0.267 e. The molecule has 2 aliphatic heterocycles. The predicted molar refractivity (Wildman–Crippen MR) is 105 cm³/mol. The van der Waals surface area contributed by atoms with Crippen LogP contribution in [0, 0.1) is 5.92 Å². The van der Waals surface area contributed by atoms with Crippen LogP contribution < -0.4 is 9.47 Å². The number of allylic oxidation sites excluding steroid dienone is 2. The zero-order chi connectivity index (χ0) is 18.5. The van der Waals surface area contributed by atoms with Gasteiger partial charge < -0.3 is 19.3 Å². The van der Waals surface area contributed by atoms with Crippen molar-refractivity contribution < 1.29 is 14.3 Å². The lowest BCUT2D eigenvalue weighted by Crippen LogP contribution is -2.49. The Labute approximate surface area is 161 Å². The number of likely N-dealkylation sites (tertiary alicyclic amines) is 1. The molecule has 5 heteroatoms. The van der Waals surface area contributed by atoms with E-state index in [2.05, 4.69) is 17.1 Å². The summed E-state index contributed by atoms with van der Waals surface area (Å²) in [4.78, 5) is 17.8. The molecule has 146 valence electrons. The predicted octanol–water partition coefficient (Wildman–Crippen LogP) is 3.11. The summed E-state index contributed by atoms with van der Waals surface area (Å²) in [7, 11) is 0. The molecule has 0 aromatic heterocycles. The molecule has 1 saturated heterocycles. The average molecular weight is 370 g/mol. The Hall–Kier alpha value is -2.01. The van der Waals surface area contributed by atoms with Gasteiger partial charge in [-0.2, -0.15) is 0 Å². The Morgan fingerprint density at radius 3 is 2.74 bits per heavy atom. The van der Waals surface area contributed by atoms with Crippen molar-refractivity contribution in [3.05, 3.63) is 36.4 Å². The summed E-state index contributed by atoms with van der Waals surface area (Å²) in [6.07, 6.45) is 9.87. The topological polar surface area (TPSA) is 42.0 Å². The van der Waals surface area contributed by atoms with Gasteiger partial charge in [-0.15, -0.1) is 0 Å². The third kappa shape index (κ3) is 4.64. The van der Waals surface area contributed by atoms with Gasteiger partial charge in [-0.3, -0.25) is 4.79 Å². The van der Waals surface area contributed by atoms with Gasteiger partial charge in [-0.05, 0) is 63.2 Å². The summed E-state index contributed by atoms with van der Waals surface area (Å²) < 4.78 is 11.8. The van der Waals surface area contributed by atoms with Crippen molar-refractivity contribution in [1.29, 1.82) is 0 Å². The van der Waals surface area contributed by atoms with Gasteiger partial charge in [0.05, 0.1) is 0 Å². The van der Waals surface area contributed by atoms with Crippen LogP contribution in [-0.2, 0) is 4.79 Å². The van der Waals surface area contributed by atoms with Crippen LogP contribution in [0.3, 0.4) is 0 Å². The number of para-hydroxylation sites is 2. The van der Waals surface area contributed by atoms with E-state index in [0.29, 0.717) is 18.3 Å². The SMILES string of the molecule is O=C(C1COc2ccccc2O1)N(CCN1CCCC1)CC1CC=CCC1.